The largest absolute Gasteiger partial charge is 0.379 e. The molecule has 0 atom stereocenters. The third-order valence-corrected chi connectivity index (χ3v) is 4.16. The molecule has 0 radical (unpaired) electrons. The SMILES string of the molecule is CCNC(=NCC(C)(C)N1CCOCC1)NCCN(C)CC.I. The molecule has 0 spiro atoms. The zero-order valence-corrected chi connectivity index (χ0v) is 17.9. The average Bonchev–Trinajstić information content (AvgIpc) is 2.53. The molecule has 2 N–H and O–H groups in total. The van der Waals surface area contributed by atoms with Crippen LogP contribution in [0.4, 0.5) is 0 Å². The number of ether oxygens (including phenoxy) is 1. The summed E-state index contributed by atoms with van der Waals surface area (Å²) < 4.78 is 5.44. The molecule has 0 aromatic rings. The second-order valence-electron chi connectivity index (χ2n) is 6.43. The van der Waals surface area contributed by atoms with Crippen molar-refractivity contribution in [3.63, 3.8) is 0 Å². The van der Waals surface area contributed by atoms with E-state index >= 15 is 0 Å². The highest BCUT2D eigenvalue weighted by atomic mass is 127. The highest BCUT2D eigenvalue weighted by Gasteiger charge is 2.27. The number of hydrogen-bond donors (Lipinski definition) is 2. The normalized spacial score (nSPS) is 17.0. The van der Waals surface area contributed by atoms with Crippen molar-refractivity contribution in [1.29, 1.82) is 0 Å². The summed E-state index contributed by atoms with van der Waals surface area (Å²) in [5.41, 5.74) is 0.0618. The Labute approximate surface area is 159 Å². The lowest BCUT2D eigenvalue weighted by Crippen LogP contribution is -2.52. The van der Waals surface area contributed by atoms with Gasteiger partial charge in [0.25, 0.3) is 0 Å². The Morgan fingerprint density at radius 2 is 1.87 bits per heavy atom. The Kier molecular flexibility index (Phi) is 12.2. The highest BCUT2D eigenvalue weighted by Crippen LogP contribution is 2.16. The van der Waals surface area contributed by atoms with Crippen LogP contribution >= 0.6 is 24.0 Å². The minimum atomic E-state index is 0. The van der Waals surface area contributed by atoms with Crippen molar-refractivity contribution in [1.82, 2.24) is 20.4 Å². The van der Waals surface area contributed by atoms with Gasteiger partial charge in [0.15, 0.2) is 5.96 Å². The molecule has 1 heterocycles. The van der Waals surface area contributed by atoms with Gasteiger partial charge in [-0.25, -0.2) is 0 Å². The molecule has 7 heteroatoms. The molecule has 0 aliphatic carbocycles. The van der Waals surface area contributed by atoms with Gasteiger partial charge in [0.1, 0.15) is 0 Å². The van der Waals surface area contributed by atoms with Crippen LogP contribution < -0.4 is 10.6 Å². The van der Waals surface area contributed by atoms with E-state index in [2.05, 4.69) is 55.2 Å². The Morgan fingerprint density at radius 3 is 2.43 bits per heavy atom. The topological polar surface area (TPSA) is 52.1 Å². The minimum absolute atomic E-state index is 0. The summed E-state index contributed by atoms with van der Waals surface area (Å²) in [5.74, 6) is 0.910. The minimum Gasteiger partial charge on any atom is -0.379 e. The van der Waals surface area contributed by atoms with Gasteiger partial charge in [-0.05, 0) is 34.4 Å². The molecule has 6 nitrogen and oxygen atoms in total. The van der Waals surface area contributed by atoms with E-state index in [1.165, 1.54) is 0 Å². The van der Waals surface area contributed by atoms with E-state index < -0.39 is 0 Å². The molecular formula is C16H36IN5O. The molecule has 23 heavy (non-hydrogen) atoms. The fraction of sp³-hybridized carbons (Fsp3) is 0.938. The molecule has 1 saturated heterocycles. The van der Waals surface area contributed by atoms with Gasteiger partial charge in [0.2, 0.25) is 0 Å². The first-order chi connectivity index (χ1) is 10.5. The lowest BCUT2D eigenvalue weighted by atomic mass is 10.0. The average molecular weight is 441 g/mol. The van der Waals surface area contributed by atoms with Gasteiger partial charge >= 0.3 is 0 Å². The Hall–Kier alpha value is -0.120. The summed E-state index contributed by atoms with van der Waals surface area (Å²) in [5, 5.41) is 6.74. The molecule has 0 saturated carbocycles. The van der Waals surface area contributed by atoms with Gasteiger partial charge < -0.3 is 20.3 Å². The van der Waals surface area contributed by atoms with E-state index in [1.807, 2.05) is 0 Å². The fourth-order valence-electron chi connectivity index (χ4n) is 2.41. The number of rotatable bonds is 8. The lowest BCUT2D eigenvalue weighted by molar-refractivity contribution is -0.00683. The van der Waals surface area contributed by atoms with E-state index in [0.29, 0.717) is 0 Å². The van der Waals surface area contributed by atoms with Gasteiger partial charge in [0.05, 0.1) is 19.8 Å². The molecule has 0 bridgehead atoms. The summed E-state index contributed by atoms with van der Waals surface area (Å²) >= 11 is 0. The zero-order valence-electron chi connectivity index (χ0n) is 15.5. The quantitative estimate of drug-likeness (QED) is 0.337. The first-order valence-corrected chi connectivity index (χ1v) is 8.53. The molecule has 1 rings (SSSR count). The summed E-state index contributed by atoms with van der Waals surface area (Å²) in [4.78, 5) is 9.53. The van der Waals surface area contributed by atoms with Crippen LogP contribution in [0.1, 0.15) is 27.7 Å². The summed E-state index contributed by atoms with van der Waals surface area (Å²) in [6.07, 6.45) is 0. The number of nitrogens with one attached hydrogen (secondary N) is 2. The predicted octanol–water partition coefficient (Wildman–Crippen LogP) is 1.22. The summed E-state index contributed by atoms with van der Waals surface area (Å²) in [6.45, 7) is 17.1. The van der Waals surface area contributed by atoms with Crippen molar-refractivity contribution in [2.75, 3.05) is 66.1 Å². The summed E-state index contributed by atoms with van der Waals surface area (Å²) in [6, 6.07) is 0. The highest BCUT2D eigenvalue weighted by molar-refractivity contribution is 14.0. The van der Waals surface area contributed by atoms with Crippen molar-refractivity contribution in [3.8, 4) is 0 Å². The van der Waals surface area contributed by atoms with Crippen LogP contribution in [0, 0.1) is 0 Å². The van der Waals surface area contributed by atoms with Crippen LogP contribution in [-0.2, 0) is 4.74 Å². The number of hydrogen-bond acceptors (Lipinski definition) is 4. The van der Waals surface area contributed by atoms with Crippen molar-refractivity contribution in [3.05, 3.63) is 0 Å². The first-order valence-electron chi connectivity index (χ1n) is 8.53. The molecular weight excluding hydrogens is 405 g/mol. The number of guanidine groups is 1. The molecule has 0 aromatic carbocycles. The van der Waals surface area contributed by atoms with Crippen LogP contribution in [0.2, 0.25) is 0 Å². The standard InChI is InChI=1S/C16H35N5O.HI/c1-6-17-15(18-8-9-20(5)7-2)19-14-16(3,4)21-10-12-22-13-11-21;/h6-14H2,1-5H3,(H2,17,18,19);1H. The number of likely N-dealkylation sites (N-methyl/N-ethyl adjacent to an activating group) is 1. The number of halogens is 1. The van der Waals surface area contributed by atoms with E-state index in [-0.39, 0.29) is 29.5 Å². The van der Waals surface area contributed by atoms with Crippen LogP contribution in [0.5, 0.6) is 0 Å². The number of morpholine rings is 1. The molecule has 1 aliphatic heterocycles. The smallest absolute Gasteiger partial charge is 0.191 e. The van der Waals surface area contributed by atoms with Crippen molar-refractivity contribution >= 4 is 29.9 Å². The third kappa shape index (κ3) is 9.07. The van der Waals surface area contributed by atoms with Crippen molar-refractivity contribution in [2.45, 2.75) is 33.2 Å². The van der Waals surface area contributed by atoms with Gasteiger partial charge in [-0.2, -0.15) is 0 Å². The zero-order chi connectivity index (χ0) is 16.4. The van der Waals surface area contributed by atoms with E-state index in [1.54, 1.807) is 0 Å². The van der Waals surface area contributed by atoms with Crippen LogP contribution in [-0.4, -0.2) is 87.4 Å². The Balaban J connectivity index is 0.00000484. The number of aliphatic imine (C=N–C) groups is 1. The molecule has 1 aliphatic rings. The Morgan fingerprint density at radius 1 is 1.22 bits per heavy atom. The van der Waals surface area contributed by atoms with E-state index in [4.69, 9.17) is 9.73 Å². The maximum absolute atomic E-state index is 5.44. The lowest BCUT2D eigenvalue weighted by Gasteiger charge is -2.39. The van der Waals surface area contributed by atoms with Crippen LogP contribution in [0.25, 0.3) is 0 Å². The van der Waals surface area contributed by atoms with Crippen molar-refractivity contribution in [2.24, 2.45) is 4.99 Å². The molecule has 0 unspecified atom stereocenters. The molecule has 1 fully saturated rings. The van der Waals surface area contributed by atoms with Gasteiger partial charge in [0, 0.05) is 38.3 Å². The molecule has 0 aromatic heterocycles. The van der Waals surface area contributed by atoms with E-state index in [9.17, 15) is 0 Å². The summed E-state index contributed by atoms with van der Waals surface area (Å²) in [7, 11) is 2.13. The van der Waals surface area contributed by atoms with Crippen LogP contribution in [0.15, 0.2) is 4.99 Å². The predicted molar refractivity (Wildman–Crippen MR) is 109 cm³/mol. The second kappa shape index (κ2) is 12.3. The number of nitrogens with zero attached hydrogens (tertiary/aromatic N) is 3. The third-order valence-electron chi connectivity index (χ3n) is 4.16. The Bertz CT molecular complexity index is 332. The fourth-order valence-corrected chi connectivity index (χ4v) is 2.41. The molecule has 0 amide bonds. The molecule has 138 valence electrons. The van der Waals surface area contributed by atoms with Gasteiger partial charge in [-0.15, -0.1) is 24.0 Å². The van der Waals surface area contributed by atoms with Crippen LogP contribution in [0.3, 0.4) is 0 Å². The van der Waals surface area contributed by atoms with Gasteiger partial charge in [-0.1, -0.05) is 6.92 Å². The maximum atomic E-state index is 5.44. The van der Waals surface area contributed by atoms with E-state index in [0.717, 1.165) is 65.0 Å². The maximum Gasteiger partial charge on any atom is 0.191 e. The second-order valence-corrected chi connectivity index (χ2v) is 6.43. The monoisotopic (exact) mass is 441 g/mol. The first kappa shape index (κ1) is 22.9. The van der Waals surface area contributed by atoms with Gasteiger partial charge in [-0.3, -0.25) is 9.89 Å². The van der Waals surface area contributed by atoms with Crippen molar-refractivity contribution < 1.29 is 4.74 Å².